The Morgan fingerprint density at radius 1 is 1.27 bits per heavy atom. The first-order valence-corrected chi connectivity index (χ1v) is 4.85. The number of hydrogen-bond acceptors (Lipinski definition) is 1. The van der Waals surface area contributed by atoms with E-state index in [4.69, 9.17) is 5.73 Å². The molecule has 0 unspecified atom stereocenters. The summed E-state index contributed by atoms with van der Waals surface area (Å²) in [5.41, 5.74) is 9.53. The van der Waals surface area contributed by atoms with Crippen molar-refractivity contribution in [3.8, 4) is 11.8 Å². The van der Waals surface area contributed by atoms with Crippen LogP contribution < -0.4 is 5.73 Å². The van der Waals surface area contributed by atoms with E-state index in [9.17, 15) is 4.79 Å². The van der Waals surface area contributed by atoms with Crippen LogP contribution in [0.1, 0.15) is 28.7 Å². The zero-order valence-corrected chi connectivity index (χ0v) is 9.35. The molecule has 15 heavy (non-hydrogen) atoms. The lowest BCUT2D eigenvalue weighted by Gasteiger charge is -2.04. The van der Waals surface area contributed by atoms with Crippen LogP contribution in [0.5, 0.6) is 0 Å². The fourth-order valence-electron chi connectivity index (χ4n) is 1.60. The molecule has 2 N–H and O–H groups in total. The van der Waals surface area contributed by atoms with Crippen LogP contribution in [0.3, 0.4) is 0 Å². The van der Waals surface area contributed by atoms with Crippen LogP contribution in [0, 0.1) is 32.6 Å². The van der Waals surface area contributed by atoms with Gasteiger partial charge in [0.25, 0.3) is 0 Å². The van der Waals surface area contributed by atoms with E-state index < -0.39 is 0 Å². The number of nitrogens with two attached hydrogens (primary N) is 1. The molecule has 78 valence electrons. The van der Waals surface area contributed by atoms with E-state index >= 15 is 0 Å². The number of carbonyl (C=O) groups is 1. The van der Waals surface area contributed by atoms with E-state index in [1.54, 1.807) is 0 Å². The first-order valence-electron chi connectivity index (χ1n) is 4.85. The molecule has 0 saturated carbocycles. The van der Waals surface area contributed by atoms with Gasteiger partial charge in [-0.25, -0.2) is 0 Å². The van der Waals surface area contributed by atoms with Gasteiger partial charge in [-0.15, -0.1) is 0 Å². The van der Waals surface area contributed by atoms with E-state index in [0.717, 1.165) is 16.7 Å². The molecule has 1 aromatic carbocycles. The van der Waals surface area contributed by atoms with Crippen molar-refractivity contribution in [2.24, 2.45) is 5.73 Å². The molecular weight excluding hydrogens is 186 g/mol. The van der Waals surface area contributed by atoms with Gasteiger partial charge in [-0.2, -0.15) is 0 Å². The van der Waals surface area contributed by atoms with Crippen molar-refractivity contribution in [3.63, 3.8) is 0 Å². The molecule has 0 spiro atoms. The fourth-order valence-corrected chi connectivity index (χ4v) is 1.60. The first kappa shape index (κ1) is 11.3. The number of hydrogen-bond donors (Lipinski definition) is 1. The molecule has 0 aliphatic heterocycles. The molecule has 0 bridgehead atoms. The minimum atomic E-state index is -0.384. The Labute approximate surface area is 90.5 Å². The van der Waals surface area contributed by atoms with Gasteiger partial charge in [0.1, 0.15) is 0 Å². The molecule has 1 rings (SSSR count). The van der Waals surface area contributed by atoms with Gasteiger partial charge >= 0.3 is 0 Å². The highest BCUT2D eigenvalue weighted by molar-refractivity contribution is 5.76. The first-order chi connectivity index (χ1) is 7.00. The minimum Gasteiger partial charge on any atom is -0.369 e. The summed E-state index contributed by atoms with van der Waals surface area (Å²) in [5, 5.41) is 0. The lowest BCUT2D eigenvalue weighted by molar-refractivity contribution is -0.117. The van der Waals surface area contributed by atoms with Gasteiger partial charge in [0.05, 0.1) is 6.42 Å². The highest BCUT2D eigenvalue weighted by atomic mass is 16.1. The van der Waals surface area contributed by atoms with Crippen molar-refractivity contribution in [3.05, 3.63) is 34.4 Å². The van der Waals surface area contributed by atoms with Gasteiger partial charge in [0, 0.05) is 5.56 Å². The third-order valence-corrected chi connectivity index (χ3v) is 2.15. The molecule has 1 amide bonds. The Bertz CT molecular complexity index is 426. The molecule has 0 heterocycles. The molecule has 2 nitrogen and oxygen atoms in total. The van der Waals surface area contributed by atoms with Crippen LogP contribution in [0.4, 0.5) is 0 Å². The van der Waals surface area contributed by atoms with Crippen molar-refractivity contribution in [1.29, 1.82) is 0 Å². The number of aryl methyl sites for hydroxylation is 3. The molecular formula is C13H15NO. The molecule has 0 fully saturated rings. The average molecular weight is 201 g/mol. The SMILES string of the molecule is Cc1cc(C)c(C#CCC(N)=O)c(C)c1. The molecule has 0 aliphatic rings. The van der Waals surface area contributed by atoms with Crippen molar-refractivity contribution >= 4 is 5.91 Å². The largest absolute Gasteiger partial charge is 0.369 e. The summed E-state index contributed by atoms with van der Waals surface area (Å²) in [5.74, 6) is 5.38. The second-order valence-corrected chi connectivity index (χ2v) is 3.72. The minimum absolute atomic E-state index is 0.118. The number of benzene rings is 1. The third-order valence-electron chi connectivity index (χ3n) is 2.15. The quantitative estimate of drug-likeness (QED) is 0.692. The van der Waals surface area contributed by atoms with Crippen molar-refractivity contribution < 1.29 is 4.79 Å². The maximum atomic E-state index is 10.5. The molecule has 0 aliphatic carbocycles. The maximum absolute atomic E-state index is 10.5. The van der Waals surface area contributed by atoms with Crippen LogP contribution in [-0.4, -0.2) is 5.91 Å². The van der Waals surface area contributed by atoms with E-state index in [1.165, 1.54) is 5.56 Å². The van der Waals surface area contributed by atoms with Gasteiger partial charge in [-0.3, -0.25) is 4.79 Å². The summed E-state index contributed by atoms with van der Waals surface area (Å²) < 4.78 is 0. The van der Waals surface area contributed by atoms with Crippen molar-refractivity contribution in [2.45, 2.75) is 27.2 Å². The summed E-state index contributed by atoms with van der Waals surface area (Å²) in [6, 6.07) is 4.17. The highest BCUT2D eigenvalue weighted by Gasteiger charge is 2.00. The molecule has 0 aromatic heterocycles. The topological polar surface area (TPSA) is 43.1 Å². The molecule has 2 heteroatoms. The van der Waals surface area contributed by atoms with Gasteiger partial charge in [0.15, 0.2) is 0 Å². The van der Waals surface area contributed by atoms with Crippen molar-refractivity contribution in [1.82, 2.24) is 0 Å². The van der Waals surface area contributed by atoms with E-state index in [0.29, 0.717) is 0 Å². The van der Waals surface area contributed by atoms with E-state index in [-0.39, 0.29) is 12.3 Å². The predicted molar refractivity (Wildman–Crippen MR) is 61.3 cm³/mol. The summed E-state index contributed by atoms with van der Waals surface area (Å²) in [7, 11) is 0. The number of primary amides is 1. The number of rotatable bonds is 1. The Hall–Kier alpha value is -1.75. The molecule has 0 radical (unpaired) electrons. The summed E-state index contributed by atoms with van der Waals surface area (Å²) in [6.45, 7) is 6.10. The van der Waals surface area contributed by atoms with E-state index in [2.05, 4.69) is 30.9 Å². The fraction of sp³-hybridized carbons (Fsp3) is 0.308. The summed E-state index contributed by atoms with van der Waals surface area (Å²) in [4.78, 5) is 10.5. The van der Waals surface area contributed by atoms with Crippen molar-refractivity contribution in [2.75, 3.05) is 0 Å². The zero-order valence-electron chi connectivity index (χ0n) is 9.35. The monoisotopic (exact) mass is 201 g/mol. The van der Waals surface area contributed by atoms with Gasteiger partial charge in [-0.05, 0) is 31.9 Å². The second kappa shape index (κ2) is 4.65. The van der Waals surface area contributed by atoms with Gasteiger partial charge in [0.2, 0.25) is 5.91 Å². The van der Waals surface area contributed by atoms with Gasteiger partial charge in [-0.1, -0.05) is 29.5 Å². The average Bonchev–Trinajstić information content (AvgIpc) is 2.08. The normalized spacial score (nSPS) is 9.27. The number of amides is 1. The molecule has 0 atom stereocenters. The number of carbonyl (C=O) groups excluding carboxylic acids is 1. The molecule has 0 saturated heterocycles. The van der Waals surface area contributed by atoms with Crippen LogP contribution in [0.2, 0.25) is 0 Å². The predicted octanol–water partition coefficient (Wildman–Crippen LogP) is 1.84. The van der Waals surface area contributed by atoms with Crippen LogP contribution in [-0.2, 0) is 4.79 Å². The molecule has 1 aromatic rings. The summed E-state index contributed by atoms with van der Waals surface area (Å²) >= 11 is 0. The third kappa shape index (κ3) is 3.14. The smallest absolute Gasteiger partial charge is 0.229 e. The maximum Gasteiger partial charge on any atom is 0.229 e. The van der Waals surface area contributed by atoms with Crippen LogP contribution in [0.25, 0.3) is 0 Å². The van der Waals surface area contributed by atoms with E-state index in [1.807, 2.05) is 13.8 Å². The zero-order chi connectivity index (χ0) is 11.4. The Morgan fingerprint density at radius 2 is 1.80 bits per heavy atom. The lowest BCUT2D eigenvalue weighted by Crippen LogP contribution is -2.08. The Morgan fingerprint density at radius 3 is 2.27 bits per heavy atom. The standard InChI is InChI=1S/C13H15NO/c1-9-7-10(2)12(11(3)8-9)5-4-6-13(14)15/h7-8H,6H2,1-3H3,(H2,14,15). The second-order valence-electron chi connectivity index (χ2n) is 3.72. The Kier molecular flexibility index (Phi) is 3.51. The lowest BCUT2D eigenvalue weighted by atomic mass is 10.0. The Balaban J connectivity index is 3.03. The van der Waals surface area contributed by atoms with Gasteiger partial charge < -0.3 is 5.73 Å². The summed E-state index contributed by atoms with van der Waals surface area (Å²) in [6.07, 6.45) is 0.118. The highest BCUT2D eigenvalue weighted by Crippen LogP contribution is 2.14. The van der Waals surface area contributed by atoms with Crippen LogP contribution in [0.15, 0.2) is 12.1 Å². The van der Waals surface area contributed by atoms with Crippen LogP contribution >= 0.6 is 0 Å².